The highest BCUT2D eigenvalue weighted by atomic mass is 16.5. The minimum Gasteiger partial charge on any atom is -0.495 e. The van der Waals surface area contributed by atoms with E-state index < -0.39 is 0 Å². The van der Waals surface area contributed by atoms with E-state index >= 15 is 0 Å². The Balaban J connectivity index is 1.71. The highest BCUT2D eigenvalue weighted by Gasteiger charge is 2.26. The summed E-state index contributed by atoms with van der Waals surface area (Å²) < 4.78 is 13.1. The molecule has 2 heterocycles. The van der Waals surface area contributed by atoms with Gasteiger partial charge < -0.3 is 14.0 Å². The first kappa shape index (κ1) is 16.4. The van der Waals surface area contributed by atoms with Gasteiger partial charge in [0.25, 0.3) is 0 Å². The molecule has 1 unspecified atom stereocenters. The van der Waals surface area contributed by atoms with E-state index in [1.807, 2.05) is 22.8 Å². The Morgan fingerprint density at radius 1 is 1.46 bits per heavy atom. The third kappa shape index (κ3) is 3.40. The number of aryl methyl sites for hydroxylation is 1. The van der Waals surface area contributed by atoms with Crippen LogP contribution in [0.1, 0.15) is 30.0 Å². The van der Waals surface area contributed by atoms with Crippen molar-refractivity contribution < 1.29 is 9.47 Å². The van der Waals surface area contributed by atoms with Gasteiger partial charge in [-0.15, -0.1) is 10.2 Å². The second-order valence-corrected chi connectivity index (χ2v) is 5.72. The van der Waals surface area contributed by atoms with Gasteiger partial charge in [-0.05, 0) is 24.6 Å². The van der Waals surface area contributed by atoms with Crippen molar-refractivity contribution in [2.24, 2.45) is 0 Å². The van der Waals surface area contributed by atoms with Gasteiger partial charge in [-0.1, -0.05) is 6.07 Å². The molecule has 1 fully saturated rings. The third-order valence-corrected chi connectivity index (χ3v) is 4.22. The topological polar surface area (TPSA) is 76.2 Å². The second kappa shape index (κ2) is 7.43. The van der Waals surface area contributed by atoms with Crippen LogP contribution in [0.5, 0.6) is 5.75 Å². The van der Waals surface area contributed by atoms with Gasteiger partial charge in [0.15, 0.2) is 5.82 Å². The zero-order valence-electron chi connectivity index (χ0n) is 14.0. The van der Waals surface area contributed by atoms with Crippen LogP contribution in [0.25, 0.3) is 0 Å². The number of hydrogen-bond acceptors (Lipinski definition) is 6. The summed E-state index contributed by atoms with van der Waals surface area (Å²) in [5, 5.41) is 17.4. The number of benzene rings is 1. The number of morpholine rings is 1. The van der Waals surface area contributed by atoms with Crippen LogP contribution in [0.4, 0.5) is 0 Å². The Hall–Kier alpha value is -2.43. The van der Waals surface area contributed by atoms with Crippen LogP contribution in [0.15, 0.2) is 24.5 Å². The fourth-order valence-electron chi connectivity index (χ4n) is 2.96. The van der Waals surface area contributed by atoms with E-state index in [2.05, 4.69) is 28.1 Å². The summed E-state index contributed by atoms with van der Waals surface area (Å²) in [6, 6.07) is 7.91. The highest BCUT2D eigenvalue weighted by molar-refractivity contribution is 5.45. The molecule has 0 N–H and O–H groups in total. The van der Waals surface area contributed by atoms with Gasteiger partial charge in [0, 0.05) is 26.2 Å². The number of aromatic nitrogens is 3. The van der Waals surface area contributed by atoms with Gasteiger partial charge >= 0.3 is 0 Å². The van der Waals surface area contributed by atoms with Crippen molar-refractivity contribution in [2.45, 2.75) is 26.1 Å². The zero-order valence-corrected chi connectivity index (χ0v) is 14.0. The van der Waals surface area contributed by atoms with Crippen molar-refractivity contribution in [3.05, 3.63) is 41.5 Å². The van der Waals surface area contributed by atoms with E-state index in [0.29, 0.717) is 17.9 Å². The Labute approximate surface area is 141 Å². The largest absolute Gasteiger partial charge is 0.495 e. The van der Waals surface area contributed by atoms with Crippen molar-refractivity contribution in [3.8, 4) is 11.8 Å². The van der Waals surface area contributed by atoms with Crippen LogP contribution in [-0.4, -0.2) is 46.5 Å². The Morgan fingerprint density at radius 3 is 3.08 bits per heavy atom. The lowest BCUT2D eigenvalue weighted by Gasteiger charge is -2.32. The minimum absolute atomic E-state index is 0.0742. The molecule has 0 amide bonds. The van der Waals surface area contributed by atoms with Crippen LogP contribution in [0.3, 0.4) is 0 Å². The van der Waals surface area contributed by atoms with Crippen LogP contribution in [0.2, 0.25) is 0 Å². The highest BCUT2D eigenvalue weighted by Crippen LogP contribution is 2.24. The summed E-state index contributed by atoms with van der Waals surface area (Å²) in [6.45, 7) is 5.92. The summed E-state index contributed by atoms with van der Waals surface area (Å²) in [4.78, 5) is 2.31. The molecule has 24 heavy (non-hydrogen) atoms. The van der Waals surface area contributed by atoms with Gasteiger partial charge in [0.05, 0.1) is 19.3 Å². The van der Waals surface area contributed by atoms with Crippen molar-refractivity contribution in [3.63, 3.8) is 0 Å². The lowest BCUT2D eigenvalue weighted by atomic mass is 10.1. The van der Waals surface area contributed by atoms with E-state index in [9.17, 15) is 5.26 Å². The Morgan fingerprint density at radius 2 is 2.33 bits per heavy atom. The maximum absolute atomic E-state index is 9.22. The van der Waals surface area contributed by atoms with E-state index in [-0.39, 0.29) is 6.10 Å². The molecule has 1 aromatic carbocycles. The van der Waals surface area contributed by atoms with Gasteiger partial charge in [0.2, 0.25) is 0 Å². The molecular formula is C17H21N5O2. The van der Waals surface area contributed by atoms with E-state index in [0.717, 1.165) is 37.6 Å². The Bertz CT molecular complexity index is 737. The second-order valence-electron chi connectivity index (χ2n) is 5.72. The molecule has 0 bridgehead atoms. The fraction of sp³-hybridized carbons (Fsp3) is 0.471. The minimum atomic E-state index is -0.0742. The summed E-state index contributed by atoms with van der Waals surface area (Å²) in [7, 11) is 1.58. The third-order valence-electron chi connectivity index (χ3n) is 4.22. The van der Waals surface area contributed by atoms with Crippen molar-refractivity contribution in [2.75, 3.05) is 26.8 Å². The van der Waals surface area contributed by atoms with E-state index in [1.165, 1.54) is 0 Å². The summed E-state index contributed by atoms with van der Waals surface area (Å²) >= 11 is 0. The molecule has 0 radical (unpaired) electrons. The molecule has 7 nitrogen and oxygen atoms in total. The molecule has 1 aliphatic heterocycles. The number of hydrogen-bond donors (Lipinski definition) is 0. The molecule has 0 aliphatic carbocycles. The van der Waals surface area contributed by atoms with Gasteiger partial charge in [-0.25, -0.2) is 0 Å². The van der Waals surface area contributed by atoms with Crippen LogP contribution in [0, 0.1) is 11.3 Å². The van der Waals surface area contributed by atoms with Crippen molar-refractivity contribution in [1.82, 2.24) is 19.7 Å². The fourth-order valence-corrected chi connectivity index (χ4v) is 2.96. The van der Waals surface area contributed by atoms with Gasteiger partial charge in [-0.2, -0.15) is 5.26 Å². The first-order valence-electron chi connectivity index (χ1n) is 8.03. The molecule has 3 rings (SSSR count). The van der Waals surface area contributed by atoms with Crippen LogP contribution in [-0.2, 0) is 17.8 Å². The molecule has 7 heteroatoms. The summed E-state index contributed by atoms with van der Waals surface area (Å²) in [6.07, 6.45) is 1.66. The molecule has 0 spiro atoms. The molecule has 1 aromatic heterocycles. The maximum Gasteiger partial charge on any atom is 0.163 e. The Kier molecular flexibility index (Phi) is 5.08. The number of nitriles is 1. The predicted molar refractivity (Wildman–Crippen MR) is 87.4 cm³/mol. The van der Waals surface area contributed by atoms with Crippen LogP contribution >= 0.6 is 0 Å². The van der Waals surface area contributed by atoms with Gasteiger partial charge in [0.1, 0.15) is 24.3 Å². The normalized spacial score (nSPS) is 18.3. The van der Waals surface area contributed by atoms with E-state index in [4.69, 9.17) is 9.47 Å². The molecule has 1 aliphatic rings. The number of nitrogens with zero attached hydrogens (tertiary/aromatic N) is 5. The first-order valence-corrected chi connectivity index (χ1v) is 8.03. The quantitative estimate of drug-likeness (QED) is 0.833. The standard InChI is InChI=1S/C17H21N5O2/c1-3-22-12-19-20-17(22)16-11-21(6-7-24-16)10-13-4-5-15(23-2)14(8-13)9-18/h4-5,8,12,16H,3,6-7,10-11H2,1-2H3. The van der Waals surface area contributed by atoms with Gasteiger partial charge in [-0.3, -0.25) is 4.90 Å². The zero-order chi connectivity index (χ0) is 16.9. The monoisotopic (exact) mass is 327 g/mol. The molecule has 2 aromatic rings. The number of rotatable bonds is 5. The maximum atomic E-state index is 9.22. The predicted octanol–water partition coefficient (Wildman–Crippen LogP) is 1.75. The first-order chi connectivity index (χ1) is 11.7. The average molecular weight is 327 g/mol. The molecule has 1 atom stereocenters. The average Bonchev–Trinajstić information content (AvgIpc) is 3.10. The summed E-state index contributed by atoms with van der Waals surface area (Å²) in [5.41, 5.74) is 1.65. The lowest BCUT2D eigenvalue weighted by molar-refractivity contribution is -0.0388. The number of ether oxygens (including phenoxy) is 2. The molecule has 1 saturated heterocycles. The van der Waals surface area contributed by atoms with E-state index in [1.54, 1.807) is 13.4 Å². The lowest BCUT2D eigenvalue weighted by Crippen LogP contribution is -2.38. The molecule has 0 saturated carbocycles. The molecular weight excluding hydrogens is 306 g/mol. The van der Waals surface area contributed by atoms with Crippen molar-refractivity contribution >= 4 is 0 Å². The van der Waals surface area contributed by atoms with Crippen LogP contribution < -0.4 is 4.74 Å². The number of methoxy groups -OCH3 is 1. The smallest absolute Gasteiger partial charge is 0.163 e. The summed E-state index contributed by atoms with van der Waals surface area (Å²) in [5.74, 6) is 1.48. The van der Waals surface area contributed by atoms with Crippen molar-refractivity contribution in [1.29, 1.82) is 5.26 Å². The molecule has 126 valence electrons. The SMILES string of the molecule is CCn1cnnc1C1CN(Cc2ccc(OC)c(C#N)c2)CCO1.